The predicted molar refractivity (Wildman–Crippen MR) is 374 cm³/mol. The summed E-state index contributed by atoms with van der Waals surface area (Å²) in [4.78, 5) is 35.2. The maximum Gasteiger partial charge on any atom is 0.189 e. The Balaban J connectivity index is 1.03. The van der Waals surface area contributed by atoms with Crippen LogP contribution in [0.5, 0.6) is 0 Å². The zero-order valence-electron chi connectivity index (χ0n) is 50.4. The van der Waals surface area contributed by atoms with Gasteiger partial charge in [0, 0.05) is 72.9 Å². The number of hydrogen-bond donors (Lipinski definition) is 0. The van der Waals surface area contributed by atoms with Crippen LogP contribution in [0.2, 0.25) is 0 Å². The second-order valence-corrected chi connectivity index (χ2v) is 22.7. The summed E-state index contributed by atoms with van der Waals surface area (Å²) in [6, 6.07) is 81.5. The molecule has 0 unspecified atom stereocenters. The van der Waals surface area contributed by atoms with Gasteiger partial charge in [-0.05, 0) is 160 Å². The molecule has 0 aliphatic rings. The Morgan fingerprint density at radius 2 is 0.646 bits per heavy atom. The lowest BCUT2D eigenvalue weighted by atomic mass is 9.97. The summed E-state index contributed by atoms with van der Waals surface area (Å²) in [5, 5.41) is 43.8. The Bertz CT molecular complexity index is 5750. The van der Waals surface area contributed by atoms with Gasteiger partial charge < -0.3 is 9.13 Å². The van der Waals surface area contributed by atoms with Crippen molar-refractivity contribution in [2.24, 2.45) is 0 Å². The molecule has 0 spiro atoms. The van der Waals surface area contributed by atoms with E-state index in [4.69, 9.17) is 46.2 Å². The van der Waals surface area contributed by atoms with Crippen molar-refractivity contribution in [3.8, 4) is 125 Å². The first-order chi connectivity index (χ1) is 47.1. The highest BCUT2D eigenvalue weighted by Crippen LogP contribution is 2.46. The van der Waals surface area contributed by atoms with Gasteiger partial charge in [0.2, 0.25) is 0 Å². The molecule has 0 amide bonds. The second-order valence-electron chi connectivity index (χ2n) is 22.7. The molecule has 96 heavy (non-hydrogen) atoms. The van der Waals surface area contributed by atoms with Gasteiger partial charge in [-0.2, -0.15) is 21.0 Å². The van der Waals surface area contributed by atoms with Gasteiger partial charge in [0.05, 0.1) is 95.1 Å². The third-order valence-electron chi connectivity index (χ3n) is 17.1. The molecule has 0 atom stereocenters. The van der Waals surface area contributed by atoms with Crippen molar-refractivity contribution in [1.29, 1.82) is 21.0 Å². The quantitative estimate of drug-likeness (QED) is 0.122. The van der Waals surface area contributed by atoms with Crippen LogP contribution in [0.25, 0.3) is 164 Å². The van der Waals surface area contributed by atoms with E-state index < -0.39 is 0 Å². The van der Waals surface area contributed by atoms with Crippen LogP contribution in [0.15, 0.2) is 243 Å². The minimum atomic E-state index is 0.325. The molecule has 0 bridgehead atoms. The van der Waals surface area contributed by atoms with Crippen molar-refractivity contribution in [2.45, 2.75) is 0 Å². The summed E-state index contributed by atoms with van der Waals surface area (Å²) in [5.41, 5.74) is 17.0. The molecule has 4 heterocycles. The molecule has 15 rings (SSSR count). The Morgan fingerprint density at radius 1 is 0.292 bits per heavy atom. The van der Waals surface area contributed by atoms with E-state index in [2.05, 4.69) is 89.2 Å². The van der Waals surface area contributed by atoms with Crippen LogP contribution in [0.1, 0.15) is 22.3 Å². The number of fused-ring (bicyclic) bond motifs is 6. The summed E-state index contributed by atoms with van der Waals surface area (Å²) >= 11 is 0. The standard InChI is InChI=1S/C82H40N14/c1-87-64-32-51(46-85)30-61(34-64)56-17-22-75-70(39-56)69-38-55(60-28-49(44-83)27-50(29-60)45-84)16-21-74(69)95(75)78-25-26-91-48-73(78)68-20-15-59(82-93-80(53-11-7-5-8-12-53)92-81(94-82)54-13-9-6-10-14-54)42-79(68)96-76-23-18-57(62-31-52(47-86)33-65(35-62)88-2)40-71(76)72-41-58(19-24-77(72)96)63-36-66(89-3)43-67(37-63)90-4/h5-43,48H. The van der Waals surface area contributed by atoms with Crippen LogP contribution in [-0.2, 0) is 0 Å². The number of rotatable bonds is 10. The highest BCUT2D eigenvalue weighted by Gasteiger charge is 2.25. The molecule has 0 aliphatic heterocycles. The number of nitriles is 4. The second kappa shape index (κ2) is 23.8. The number of benzene rings is 11. The first-order valence-corrected chi connectivity index (χ1v) is 30.0. The van der Waals surface area contributed by atoms with E-state index >= 15 is 0 Å². The van der Waals surface area contributed by atoms with Gasteiger partial charge in [0.1, 0.15) is 0 Å². The third kappa shape index (κ3) is 10.2. The molecule has 0 aliphatic carbocycles. The molecule has 0 saturated heterocycles. The molecule has 438 valence electrons. The molecule has 14 nitrogen and oxygen atoms in total. The van der Waals surface area contributed by atoms with Gasteiger partial charge in [-0.15, -0.1) is 0 Å². The normalized spacial score (nSPS) is 10.8. The van der Waals surface area contributed by atoms with Crippen LogP contribution in [0, 0.1) is 71.6 Å². The van der Waals surface area contributed by atoms with E-state index in [1.807, 2.05) is 128 Å². The minimum Gasteiger partial charge on any atom is -0.309 e. The van der Waals surface area contributed by atoms with Crippen LogP contribution in [-0.4, -0.2) is 29.1 Å². The smallest absolute Gasteiger partial charge is 0.189 e. The average molecular weight is 1220 g/mol. The van der Waals surface area contributed by atoms with Crippen molar-refractivity contribution in [2.75, 3.05) is 0 Å². The molecular weight excluding hydrogens is 1180 g/mol. The number of nitrogens with zero attached hydrogens (tertiary/aromatic N) is 14. The highest BCUT2D eigenvalue weighted by atomic mass is 15.0. The Labute approximate surface area is 549 Å². The average Bonchev–Trinajstić information content (AvgIpc) is 1.56. The van der Waals surface area contributed by atoms with Crippen LogP contribution in [0.4, 0.5) is 22.7 Å². The molecule has 11 aromatic carbocycles. The van der Waals surface area contributed by atoms with Crippen molar-refractivity contribution in [1.82, 2.24) is 29.1 Å². The SMILES string of the molecule is [C-]#[N+]c1cc(C#N)cc(-c2ccc3c(c2)c2cc(-c4cc(C#N)cc(C#N)c4)ccc2n3-c2ccncc2-c2ccc(-c3nc(-c4ccccc4)nc(-c4ccccc4)n3)cc2-n2c3ccc(-c4cc(C#N)cc([N+]#[C-])c4)cc3c3cc(-c4cc([N+]#[C-])cc([N+]#[C-])c4)ccc32)c1. The highest BCUT2D eigenvalue weighted by molar-refractivity contribution is 6.14. The van der Waals surface area contributed by atoms with Crippen LogP contribution < -0.4 is 0 Å². The van der Waals surface area contributed by atoms with Gasteiger partial charge >= 0.3 is 0 Å². The summed E-state index contributed by atoms with van der Waals surface area (Å²) in [6.45, 7) is 31.8. The monoisotopic (exact) mass is 1220 g/mol. The van der Waals surface area contributed by atoms with Crippen LogP contribution >= 0.6 is 0 Å². The maximum absolute atomic E-state index is 10.2. The van der Waals surface area contributed by atoms with E-state index in [-0.39, 0.29) is 0 Å². The number of pyridine rings is 1. The van der Waals surface area contributed by atoms with Crippen LogP contribution in [0.3, 0.4) is 0 Å². The fraction of sp³-hybridized carbons (Fsp3) is 0. The number of hydrogen-bond acceptors (Lipinski definition) is 8. The number of aromatic nitrogens is 6. The van der Waals surface area contributed by atoms with Gasteiger partial charge in [0.25, 0.3) is 0 Å². The van der Waals surface area contributed by atoms with Crippen molar-refractivity contribution >= 4 is 66.4 Å². The van der Waals surface area contributed by atoms with Crippen molar-refractivity contribution in [3.05, 3.63) is 311 Å². The lowest BCUT2D eigenvalue weighted by Crippen LogP contribution is -2.04. The van der Waals surface area contributed by atoms with E-state index in [9.17, 15) is 21.0 Å². The topological polar surface area (TPSA) is 174 Å². The maximum atomic E-state index is 10.2. The van der Waals surface area contributed by atoms with Crippen molar-refractivity contribution < 1.29 is 0 Å². The molecule has 15 aromatic rings. The Hall–Kier alpha value is -14.9. The summed E-state index contributed by atoms with van der Waals surface area (Å²) in [7, 11) is 0. The van der Waals surface area contributed by atoms with E-state index in [1.54, 1.807) is 79.0 Å². The van der Waals surface area contributed by atoms with E-state index in [0.29, 0.717) is 96.0 Å². The third-order valence-corrected chi connectivity index (χ3v) is 17.1. The molecule has 0 saturated carbocycles. The largest absolute Gasteiger partial charge is 0.309 e. The lowest BCUT2D eigenvalue weighted by molar-refractivity contribution is 1.07. The fourth-order valence-corrected chi connectivity index (χ4v) is 12.7. The molecule has 4 aromatic heterocycles. The van der Waals surface area contributed by atoms with Gasteiger partial charge in [-0.3, -0.25) is 4.98 Å². The summed E-state index contributed by atoms with van der Waals surface area (Å²) < 4.78 is 4.41. The van der Waals surface area contributed by atoms with E-state index in [1.165, 1.54) is 0 Å². The predicted octanol–water partition coefficient (Wildman–Crippen LogP) is 20.5. The zero-order chi connectivity index (χ0) is 65.6. The lowest BCUT2D eigenvalue weighted by Gasteiger charge is -2.19. The fourth-order valence-electron chi connectivity index (χ4n) is 12.7. The first-order valence-electron chi connectivity index (χ1n) is 30.0. The Kier molecular flexibility index (Phi) is 14.3. The molecule has 0 radical (unpaired) electrons. The molecule has 0 N–H and O–H groups in total. The zero-order valence-corrected chi connectivity index (χ0v) is 50.4. The first kappa shape index (κ1) is 57.5. The minimum absolute atomic E-state index is 0.325. The van der Waals surface area contributed by atoms with E-state index in [0.717, 1.165) is 93.8 Å². The molecular formula is C82H40N14. The van der Waals surface area contributed by atoms with Gasteiger partial charge in [-0.25, -0.2) is 34.3 Å². The molecule has 14 heteroatoms. The summed E-state index contributed by atoms with van der Waals surface area (Å²) in [5.74, 6) is 1.37. The van der Waals surface area contributed by atoms with Gasteiger partial charge in [0.15, 0.2) is 40.2 Å². The van der Waals surface area contributed by atoms with Crippen molar-refractivity contribution in [3.63, 3.8) is 0 Å². The molecule has 0 fully saturated rings. The summed E-state index contributed by atoms with van der Waals surface area (Å²) in [6.07, 6.45) is 3.62. The Morgan fingerprint density at radius 3 is 1.05 bits per heavy atom. The van der Waals surface area contributed by atoms with Gasteiger partial charge in [-0.1, -0.05) is 115 Å².